The molecule has 0 aliphatic carbocycles. The van der Waals surface area contributed by atoms with Crippen LogP contribution in [0.2, 0.25) is 0 Å². The Balaban J connectivity index is 1.93. The van der Waals surface area contributed by atoms with Crippen molar-refractivity contribution in [2.75, 3.05) is 20.3 Å². The quantitative estimate of drug-likeness (QED) is 0.275. The molecule has 0 saturated carbocycles. The number of ether oxygens (including phenoxy) is 3. The number of hydrogen-bond donors (Lipinski definition) is 0. The highest BCUT2D eigenvalue weighted by Gasteiger charge is 2.23. The van der Waals surface area contributed by atoms with Gasteiger partial charge in [-0.05, 0) is 36.0 Å². The highest BCUT2D eigenvalue weighted by atomic mass is 16.6. The summed E-state index contributed by atoms with van der Waals surface area (Å²) in [6, 6.07) is 7.61. The lowest BCUT2D eigenvalue weighted by Gasteiger charge is -2.06. The molecule has 0 amide bonds. The molecule has 2 aromatic rings. The van der Waals surface area contributed by atoms with Gasteiger partial charge in [-0.25, -0.2) is 9.78 Å². The normalized spacial score (nSPS) is 10.5. The zero-order valence-electron chi connectivity index (χ0n) is 14.7. The molecule has 0 N–H and O–H groups in total. The molecule has 0 unspecified atom stereocenters. The number of imidazole rings is 1. The van der Waals surface area contributed by atoms with Crippen molar-refractivity contribution in [3.63, 3.8) is 0 Å². The maximum absolute atomic E-state index is 11.7. The summed E-state index contributed by atoms with van der Waals surface area (Å²) < 4.78 is 16.7. The zero-order chi connectivity index (χ0) is 18.9. The molecule has 0 radical (unpaired) electrons. The fourth-order valence-electron chi connectivity index (χ4n) is 2.32. The molecule has 1 heterocycles. The molecule has 2 rings (SSSR count). The van der Waals surface area contributed by atoms with Gasteiger partial charge in [0, 0.05) is 0 Å². The molecular formula is C17H21N3O6. The Labute approximate surface area is 150 Å². The molecule has 1 aromatic carbocycles. The second-order valence-electron chi connectivity index (χ2n) is 5.33. The maximum atomic E-state index is 11.7. The minimum atomic E-state index is -0.590. The van der Waals surface area contributed by atoms with Crippen molar-refractivity contribution in [3.05, 3.63) is 52.0 Å². The second-order valence-corrected chi connectivity index (χ2v) is 5.33. The van der Waals surface area contributed by atoms with E-state index in [1.54, 1.807) is 14.0 Å². The van der Waals surface area contributed by atoms with Crippen LogP contribution in [0.4, 0.5) is 5.82 Å². The van der Waals surface area contributed by atoms with Gasteiger partial charge in [-0.3, -0.25) is 0 Å². The van der Waals surface area contributed by atoms with Gasteiger partial charge in [0.2, 0.25) is 5.82 Å². The lowest BCUT2D eigenvalue weighted by atomic mass is 10.1. The highest BCUT2D eigenvalue weighted by Crippen LogP contribution is 2.16. The Morgan fingerprint density at radius 1 is 1.31 bits per heavy atom. The van der Waals surface area contributed by atoms with Crippen molar-refractivity contribution in [1.29, 1.82) is 0 Å². The fourth-order valence-corrected chi connectivity index (χ4v) is 2.32. The summed E-state index contributed by atoms with van der Waals surface area (Å²) >= 11 is 0. The van der Waals surface area contributed by atoms with E-state index >= 15 is 0 Å². The van der Waals surface area contributed by atoms with Crippen molar-refractivity contribution in [1.82, 2.24) is 9.55 Å². The average molecular weight is 363 g/mol. The first-order valence-corrected chi connectivity index (χ1v) is 8.10. The van der Waals surface area contributed by atoms with Crippen molar-refractivity contribution in [2.24, 2.45) is 0 Å². The van der Waals surface area contributed by atoms with Crippen LogP contribution < -0.4 is 4.74 Å². The smallest absolute Gasteiger partial charge is 0.348 e. The summed E-state index contributed by atoms with van der Waals surface area (Å²) in [5, 5.41) is 11.1. The molecule has 0 aliphatic rings. The van der Waals surface area contributed by atoms with Crippen LogP contribution in [-0.2, 0) is 33.8 Å². The van der Waals surface area contributed by atoms with E-state index in [2.05, 4.69) is 4.98 Å². The van der Waals surface area contributed by atoms with Gasteiger partial charge in [0.25, 0.3) is 0 Å². The van der Waals surface area contributed by atoms with Crippen LogP contribution in [0.3, 0.4) is 0 Å². The van der Waals surface area contributed by atoms with Gasteiger partial charge < -0.3 is 24.3 Å². The summed E-state index contributed by atoms with van der Waals surface area (Å²) in [6.07, 6.45) is 1.78. The van der Waals surface area contributed by atoms with Crippen molar-refractivity contribution in [3.8, 4) is 5.75 Å². The Morgan fingerprint density at radius 2 is 2.04 bits per heavy atom. The lowest BCUT2D eigenvalue weighted by molar-refractivity contribution is -0.392. The van der Waals surface area contributed by atoms with Crippen LogP contribution in [0, 0.1) is 10.1 Å². The average Bonchev–Trinajstić information content (AvgIpc) is 3.02. The Kier molecular flexibility index (Phi) is 7.10. The Morgan fingerprint density at radius 3 is 2.65 bits per heavy atom. The largest absolute Gasteiger partial charge is 0.497 e. The first kappa shape index (κ1) is 19.4. The minimum Gasteiger partial charge on any atom is -0.497 e. The second kappa shape index (κ2) is 9.52. The van der Waals surface area contributed by atoms with Crippen molar-refractivity contribution >= 4 is 11.8 Å². The number of carbonyl (C=O) groups is 1. The number of nitro groups is 1. The van der Waals surface area contributed by atoms with Gasteiger partial charge in [-0.2, -0.15) is 4.57 Å². The molecule has 0 aliphatic heterocycles. The molecule has 9 heteroatoms. The van der Waals surface area contributed by atoms with E-state index in [0.717, 1.165) is 17.5 Å². The predicted octanol–water partition coefficient (Wildman–Crippen LogP) is 2.12. The van der Waals surface area contributed by atoms with E-state index in [9.17, 15) is 14.9 Å². The molecule has 26 heavy (non-hydrogen) atoms. The van der Waals surface area contributed by atoms with E-state index in [0.29, 0.717) is 18.9 Å². The zero-order valence-corrected chi connectivity index (χ0v) is 14.7. The Bertz CT molecular complexity index is 741. The van der Waals surface area contributed by atoms with Gasteiger partial charge in [-0.1, -0.05) is 12.1 Å². The number of nitrogens with zero attached hydrogens (tertiary/aromatic N) is 3. The Hall–Kier alpha value is -2.94. The lowest BCUT2D eigenvalue weighted by Crippen LogP contribution is -2.17. The molecule has 0 saturated heterocycles. The molecule has 0 fully saturated rings. The molecular weight excluding hydrogens is 342 g/mol. The van der Waals surface area contributed by atoms with E-state index in [-0.39, 0.29) is 25.6 Å². The maximum Gasteiger partial charge on any atom is 0.348 e. The van der Waals surface area contributed by atoms with Crippen LogP contribution >= 0.6 is 0 Å². The van der Waals surface area contributed by atoms with Crippen LogP contribution in [0.25, 0.3) is 0 Å². The van der Waals surface area contributed by atoms with Gasteiger partial charge in [-0.15, -0.1) is 0 Å². The fraction of sp³-hybridized carbons (Fsp3) is 0.412. The predicted molar refractivity (Wildman–Crippen MR) is 91.9 cm³/mol. The van der Waals surface area contributed by atoms with Crippen LogP contribution in [-0.4, -0.2) is 40.8 Å². The third-order valence-corrected chi connectivity index (χ3v) is 3.62. The molecule has 140 valence electrons. The van der Waals surface area contributed by atoms with Crippen molar-refractivity contribution < 1.29 is 23.9 Å². The SMILES string of the molecule is CCOC(=O)Cn1c([N+](=O)[O-])cnc1COCCc1ccc(OC)cc1. The third-order valence-electron chi connectivity index (χ3n) is 3.62. The number of carbonyl (C=O) groups excluding carboxylic acids is 1. The third kappa shape index (κ3) is 5.28. The van der Waals surface area contributed by atoms with Gasteiger partial charge in [0.1, 0.15) is 18.6 Å². The summed E-state index contributed by atoms with van der Waals surface area (Å²) in [5.41, 5.74) is 1.08. The van der Waals surface area contributed by atoms with Crippen LogP contribution in [0.15, 0.2) is 30.5 Å². The standard InChI is InChI=1S/C17H21N3O6/c1-3-26-17(21)11-19-15(18-10-16(19)20(22)23)12-25-9-8-13-4-6-14(24-2)7-5-13/h4-7,10H,3,8-9,11-12H2,1-2H3. The number of aromatic nitrogens is 2. The van der Waals surface area contributed by atoms with Gasteiger partial charge in [0.15, 0.2) is 6.54 Å². The minimum absolute atomic E-state index is 0.0589. The number of methoxy groups -OCH3 is 1. The summed E-state index contributed by atoms with van der Waals surface area (Å²) in [6.45, 7) is 2.07. The van der Waals surface area contributed by atoms with Crippen LogP contribution in [0.5, 0.6) is 5.75 Å². The van der Waals surface area contributed by atoms with Crippen molar-refractivity contribution in [2.45, 2.75) is 26.5 Å². The summed E-state index contributed by atoms with van der Waals surface area (Å²) in [4.78, 5) is 26.1. The summed E-state index contributed by atoms with van der Waals surface area (Å²) in [7, 11) is 1.61. The molecule has 0 spiro atoms. The van der Waals surface area contributed by atoms with Crippen LogP contribution in [0.1, 0.15) is 18.3 Å². The summed E-state index contributed by atoms with van der Waals surface area (Å²) in [5.74, 6) is 0.252. The van der Waals surface area contributed by atoms with Gasteiger partial charge >= 0.3 is 11.8 Å². The van der Waals surface area contributed by atoms with E-state index < -0.39 is 10.9 Å². The first-order valence-electron chi connectivity index (χ1n) is 8.10. The molecule has 0 atom stereocenters. The van der Waals surface area contributed by atoms with Gasteiger partial charge in [0.05, 0.1) is 20.3 Å². The van der Waals surface area contributed by atoms with E-state index in [1.807, 2.05) is 24.3 Å². The topological polar surface area (TPSA) is 106 Å². The number of esters is 1. The molecule has 0 bridgehead atoms. The molecule has 1 aromatic heterocycles. The monoisotopic (exact) mass is 363 g/mol. The number of rotatable bonds is 10. The number of benzene rings is 1. The van der Waals surface area contributed by atoms with E-state index in [4.69, 9.17) is 14.2 Å². The van der Waals surface area contributed by atoms with E-state index in [1.165, 1.54) is 4.57 Å². The number of hydrogen-bond acceptors (Lipinski definition) is 7. The first-order chi connectivity index (χ1) is 12.5. The molecule has 9 nitrogen and oxygen atoms in total. The highest BCUT2D eigenvalue weighted by molar-refractivity contribution is 5.69.